The molecule has 0 fully saturated rings. The molecule has 0 aliphatic rings. The molecule has 82 valence electrons. The van der Waals surface area contributed by atoms with Crippen molar-refractivity contribution in [2.24, 2.45) is 0 Å². The molecule has 3 heteroatoms. The van der Waals surface area contributed by atoms with Crippen molar-refractivity contribution in [3.05, 3.63) is 12.7 Å². The first-order valence-corrected chi connectivity index (χ1v) is 5.08. The van der Waals surface area contributed by atoms with Gasteiger partial charge in [0.25, 0.3) is 0 Å². The molecule has 14 heavy (non-hydrogen) atoms. The summed E-state index contributed by atoms with van der Waals surface area (Å²) in [5.41, 5.74) is -1.64. The highest BCUT2D eigenvalue weighted by Crippen LogP contribution is 2.18. The summed E-state index contributed by atoms with van der Waals surface area (Å²) >= 11 is 0. The maximum atomic E-state index is 10.6. The van der Waals surface area contributed by atoms with Gasteiger partial charge in [-0.05, 0) is 6.42 Å². The first kappa shape index (κ1) is 13.3. The van der Waals surface area contributed by atoms with Crippen LogP contribution >= 0.6 is 0 Å². The number of carbonyl (C=O) groups excluding carboxylic acids is 1. The van der Waals surface area contributed by atoms with Crippen LogP contribution in [0.4, 0.5) is 0 Å². The van der Waals surface area contributed by atoms with Crippen molar-refractivity contribution >= 4 is 6.29 Å². The van der Waals surface area contributed by atoms with Gasteiger partial charge in [0.2, 0.25) is 0 Å². The van der Waals surface area contributed by atoms with Crippen LogP contribution in [0.3, 0.4) is 0 Å². The molecule has 2 N–H and O–H groups in total. The lowest BCUT2D eigenvalue weighted by Crippen LogP contribution is -2.43. The molecule has 0 radical (unpaired) electrons. The normalized spacial score (nSPS) is 17.1. The van der Waals surface area contributed by atoms with Crippen molar-refractivity contribution in [1.82, 2.24) is 0 Å². The number of hydrogen-bond acceptors (Lipinski definition) is 3. The maximum Gasteiger partial charge on any atom is 0.154 e. The van der Waals surface area contributed by atoms with Crippen LogP contribution < -0.4 is 0 Å². The van der Waals surface area contributed by atoms with E-state index in [1.165, 1.54) is 6.08 Å². The Morgan fingerprint density at radius 1 is 1.50 bits per heavy atom. The number of aliphatic hydroxyl groups is 2. The van der Waals surface area contributed by atoms with E-state index < -0.39 is 11.7 Å². The predicted molar refractivity (Wildman–Crippen MR) is 56.0 cm³/mol. The third kappa shape index (κ3) is 4.03. The lowest BCUT2D eigenvalue weighted by Gasteiger charge is -2.26. The summed E-state index contributed by atoms with van der Waals surface area (Å²) in [7, 11) is 0. The van der Waals surface area contributed by atoms with Gasteiger partial charge in [0.1, 0.15) is 5.60 Å². The number of hydrogen-bond donors (Lipinski definition) is 2. The molecule has 0 saturated heterocycles. The molecule has 0 spiro atoms. The molecule has 0 rings (SSSR count). The van der Waals surface area contributed by atoms with Crippen LogP contribution in [0, 0.1) is 0 Å². The van der Waals surface area contributed by atoms with E-state index in [1.807, 2.05) is 0 Å². The van der Waals surface area contributed by atoms with Crippen LogP contribution in [0.2, 0.25) is 0 Å². The summed E-state index contributed by atoms with van der Waals surface area (Å²) in [4.78, 5) is 10.6. The van der Waals surface area contributed by atoms with Crippen molar-refractivity contribution in [3.8, 4) is 0 Å². The van der Waals surface area contributed by atoms with E-state index in [2.05, 4.69) is 13.5 Å². The van der Waals surface area contributed by atoms with Gasteiger partial charge < -0.3 is 15.0 Å². The molecule has 0 aliphatic heterocycles. The highest BCUT2D eigenvalue weighted by Gasteiger charge is 2.33. The number of aldehydes is 1. The SMILES string of the molecule is C=CCC(O)(C=O)C(O)CCCCC. The molecule has 2 unspecified atom stereocenters. The van der Waals surface area contributed by atoms with Crippen LogP contribution in [-0.2, 0) is 4.79 Å². The number of rotatable bonds is 8. The van der Waals surface area contributed by atoms with Gasteiger partial charge in [-0.15, -0.1) is 6.58 Å². The average Bonchev–Trinajstić information content (AvgIpc) is 2.18. The molecule has 0 aromatic heterocycles. The van der Waals surface area contributed by atoms with E-state index in [0.29, 0.717) is 12.7 Å². The van der Waals surface area contributed by atoms with E-state index in [4.69, 9.17) is 0 Å². The Kier molecular flexibility index (Phi) is 6.41. The zero-order valence-electron chi connectivity index (χ0n) is 8.78. The molecule has 0 amide bonds. The van der Waals surface area contributed by atoms with Crippen LogP contribution in [-0.4, -0.2) is 28.2 Å². The minimum absolute atomic E-state index is 0.101. The Morgan fingerprint density at radius 2 is 2.14 bits per heavy atom. The van der Waals surface area contributed by atoms with Crippen molar-refractivity contribution in [3.63, 3.8) is 0 Å². The second-order valence-corrected chi connectivity index (χ2v) is 3.61. The van der Waals surface area contributed by atoms with Gasteiger partial charge in [-0.3, -0.25) is 0 Å². The fraction of sp³-hybridized carbons (Fsp3) is 0.727. The van der Waals surface area contributed by atoms with Crippen molar-refractivity contribution < 1.29 is 15.0 Å². The summed E-state index contributed by atoms with van der Waals surface area (Å²) in [5, 5.41) is 19.3. The predicted octanol–water partition coefficient (Wildman–Crippen LogP) is 1.43. The monoisotopic (exact) mass is 200 g/mol. The number of aliphatic hydroxyl groups excluding tert-OH is 1. The fourth-order valence-electron chi connectivity index (χ4n) is 1.33. The van der Waals surface area contributed by atoms with Gasteiger partial charge in [-0.25, -0.2) is 0 Å². The highest BCUT2D eigenvalue weighted by atomic mass is 16.3. The van der Waals surface area contributed by atoms with Gasteiger partial charge in [0.15, 0.2) is 6.29 Å². The summed E-state index contributed by atoms with van der Waals surface area (Å²) in [6.45, 7) is 5.50. The van der Waals surface area contributed by atoms with Crippen LogP contribution in [0.15, 0.2) is 12.7 Å². The molecule has 3 nitrogen and oxygen atoms in total. The van der Waals surface area contributed by atoms with Gasteiger partial charge in [0, 0.05) is 6.42 Å². The summed E-state index contributed by atoms with van der Waals surface area (Å²) in [6, 6.07) is 0. The molecule has 0 bridgehead atoms. The van der Waals surface area contributed by atoms with E-state index in [0.717, 1.165) is 19.3 Å². The fourth-order valence-corrected chi connectivity index (χ4v) is 1.33. The standard InChI is InChI=1S/C11H20O3/c1-3-5-6-7-10(13)11(14,9-12)8-4-2/h4,9-10,13-14H,2-3,5-8H2,1H3. The largest absolute Gasteiger partial charge is 0.390 e. The van der Waals surface area contributed by atoms with Gasteiger partial charge in [-0.1, -0.05) is 32.3 Å². The molecular weight excluding hydrogens is 180 g/mol. The van der Waals surface area contributed by atoms with Gasteiger partial charge in [-0.2, -0.15) is 0 Å². The zero-order chi connectivity index (χ0) is 11.0. The summed E-state index contributed by atoms with van der Waals surface area (Å²) < 4.78 is 0. The second kappa shape index (κ2) is 6.74. The molecule has 2 atom stereocenters. The van der Waals surface area contributed by atoms with E-state index in [9.17, 15) is 15.0 Å². The number of carbonyl (C=O) groups is 1. The number of unbranched alkanes of at least 4 members (excludes halogenated alkanes) is 2. The molecular formula is C11H20O3. The van der Waals surface area contributed by atoms with Gasteiger partial charge in [0.05, 0.1) is 6.10 Å². The van der Waals surface area contributed by atoms with Crippen molar-refractivity contribution in [2.45, 2.75) is 50.7 Å². The molecule has 0 aromatic carbocycles. The Morgan fingerprint density at radius 3 is 2.57 bits per heavy atom. The maximum absolute atomic E-state index is 10.6. The third-order valence-corrected chi connectivity index (χ3v) is 2.33. The molecule has 0 heterocycles. The second-order valence-electron chi connectivity index (χ2n) is 3.61. The average molecular weight is 200 g/mol. The summed E-state index contributed by atoms with van der Waals surface area (Å²) in [6.07, 6.45) is 4.30. The first-order valence-electron chi connectivity index (χ1n) is 5.08. The van der Waals surface area contributed by atoms with Crippen LogP contribution in [0.1, 0.15) is 39.0 Å². The molecule has 0 aromatic rings. The van der Waals surface area contributed by atoms with E-state index in [1.54, 1.807) is 0 Å². The van der Waals surface area contributed by atoms with E-state index in [-0.39, 0.29) is 6.42 Å². The van der Waals surface area contributed by atoms with Crippen LogP contribution in [0.25, 0.3) is 0 Å². The van der Waals surface area contributed by atoms with Crippen molar-refractivity contribution in [2.75, 3.05) is 0 Å². The Labute approximate surface area is 85.4 Å². The lowest BCUT2D eigenvalue weighted by atomic mass is 9.91. The van der Waals surface area contributed by atoms with Crippen LogP contribution in [0.5, 0.6) is 0 Å². The summed E-state index contributed by atoms with van der Waals surface area (Å²) in [5.74, 6) is 0. The van der Waals surface area contributed by atoms with Gasteiger partial charge >= 0.3 is 0 Å². The Balaban J connectivity index is 4.08. The minimum Gasteiger partial charge on any atom is -0.390 e. The zero-order valence-corrected chi connectivity index (χ0v) is 8.78. The highest BCUT2D eigenvalue weighted by molar-refractivity contribution is 5.63. The lowest BCUT2D eigenvalue weighted by molar-refractivity contribution is -0.137. The Hall–Kier alpha value is -0.670. The first-order chi connectivity index (χ1) is 6.60. The third-order valence-electron chi connectivity index (χ3n) is 2.33. The topological polar surface area (TPSA) is 57.5 Å². The van der Waals surface area contributed by atoms with E-state index >= 15 is 0 Å². The Bertz CT molecular complexity index is 179. The minimum atomic E-state index is -1.64. The smallest absolute Gasteiger partial charge is 0.154 e. The van der Waals surface area contributed by atoms with Crippen molar-refractivity contribution in [1.29, 1.82) is 0 Å². The molecule has 0 saturated carbocycles. The molecule has 0 aliphatic carbocycles. The quantitative estimate of drug-likeness (QED) is 0.354.